The second kappa shape index (κ2) is 5.48. The van der Waals surface area contributed by atoms with Crippen LogP contribution < -0.4 is 0 Å². The molecule has 0 unspecified atom stereocenters. The Hall–Kier alpha value is -1.43. The number of hydrogen-bond donors (Lipinski definition) is 1. The van der Waals surface area contributed by atoms with Gasteiger partial charge in [-0.25, -0.2) is 0 Å². The van der Waals surface area contributed by atoms with Gasteiger partial charge in [-0.15, -0.1) is 0 Å². The topological polar surface area (TPSA) is 79.5 Å². The van der Waals surface area contributed by atoms with Crippen LogP contribution in [0, 0.1) is 0 Å². The molecule has 18 heavy (non-hydrogen) atoms. The summed E-state index contributed by atoms with van der Waals surface area (Å²) in [7, 11) is 0. The minimum atomic E-state index is -0.862. The fourth-order valence-electron chi connectivity index (χ4n) is 1.39. The monoisotopic (exact) mass is 255 g/mol. The molecule has 0 amide bonds. The number of carboxylic acids is 1. The van der Waals surface area contributed by atoms with Crippen LogP contribution in [-0.2, 0) is 16.8 Å². The molecule has 0 radical (unpaired) electrons. The third kappa shape index (κ3) is 4.10. The molecule has 102 valence electrons. The zero-order chi connectivity index (χ0) is 13.9. The van der Waals surface area contributed by atoms with Gasteiger partial charge in [0.2, 0.25) is 5.89 Å². The summed E-state index contributed by atoms with van der Waals surface area (Å²) in [5.41, 5.74) is -0.169. The Bertz CT molecular complexity index is 407. The van der Waals surface area contributed by atoms with Crippen molar-refractivity contribution >= 4 is 5.97 Å². The fraction of sp³-hybridized carbons (Fsp3) is 0.750. The maximum Gasteiger partial charge on any atom is 0.317 e. The lowest BCUT2D eigenvalue weighted by molar-refractivity contribution is -0.139. The molecule has 0 fully saturated rings. The molecule has 1 N–H and O–H groups in total. The number of nitrogens with zero attached hydrogens (tertiary/aromatic N) is 3. The second-order valence-corrected chi connectivity index (χ2v) is 5.65. The minimum absolute atomic E-state index is 0.0368. The molecule has 0 atom stereocenters. The van der Waals surface area contributed by atoms with Crippen LogP contribution in [0.1, 0.15) is 46.3 Å². The van der Waals surface area contributed by atoms with E-state index in [1.165, 1.54) is 0 Å². The Morgan fingerprint density at radius 1 is 1.44 bits per heavy atom. The average Bonchev–Trinajstić information content (AvgIpc) is 2.63. The van der Waals surface area contributed by atoms with Crippen LogP contribution in [0.3, 0.4) is 0 Å². The molecule has 1 rings (SSSR count). The van der Waals surface area contributed by atoms with E-state index in [2.05, 4.69) is 10.1 Å². The molecule has 1 aromatic heterocycles. The van der Waals surface area contributed by atoms with Gasteiger partial charge in [-0.1, -0.05) is 25.9 Å². The number of hydrogen-bond acceptors (Lipinski definition) is 5. The number of aromatic nitrogens is 2. The summed E-state index contributed by atoms with van der Waals surface area (Å²) < 4.78 is 5.16. The first kappa shape index (κ1) is 14.6. The summed E-state index contributed by atoms with van der Waals surface area (Å²) >= 11 is 0. The van der Waals surface area contributed by atoms with Crippen LogP contribution in [0.5, 0.6) is 0 Å². The summed E-state index contributed by atoms with van der Waals surface area (Å²) in [6.45, 7) is 10.2. The van der Waals surface area contributed by atoms with E-state index < -0.39 is 5.97 Å². The first-order valence-corrected chi connectivity index (χ1v) is 5.99. The van der Waals surface area contributed by atoms with Gasteiger partial charge in [0, 0.05) is 11.5 Å². The van der Waals surface area contributed by atoms with Crippen LogP contribution in [0.15, 0.2) is 4.52 Å². The highest BCUT2D eigenvalue weighted by molar-refractivity contribution is 5.69. The Kier molecular flexibility index (Phi) is 4.45. The molecule has 6 nitrogen and oxygen atoms in total. The van der Waals surface area contributed by atoms with E-state index >= 15 is 0 Å². The first-order valence-electron chi connectivity index (χ1n) is 5.99. The molecule has 0 saturated heterocycles. The normalized spacial score (nSPS) is 12.4. The maximum absolute atomic E-state index is 10.8. The van der Waals surface area contributed by atoms with E-state index in [9.17, 15) is 4.79 Å². The van der Waals surface area contributed by atoms with Gasteiger partial charge in [0.25, 0.3) is 0 Å². The number of aliphatic carboxylic acids is 1. The van der Waals surface area contributed by atoms with Crippen molar-refractivity contribution in [1.29, 1.82) is 0 Å². The lowest BCUT2D eigenvalue weighted by Gasteiger charge is -2.22. The first-order chi connectivity index (χ1) is 8.20. The van der Waals surface area contributed by atoms with Crippen molar-refractivity contribution in [3.8, 4) is 0 Å². The van der Waals surface area contributed by atoms with E-state index in [4.69, 9.17) is 9.63 Å². The lowest BCUT2D eigenvalue weighted by atomic mass is 9.96. The lowest BCUT2D eigenvalue weighted by Crippen LogP contribution is -2.35. The highest BCUT2D eigenvalue weighted by atomic mass is 16.5. The van der Waals surface area contributed by atoms with Crippen molar-refractivity contribution in [2.45, 2.75) is 52.6 Å². The van der Waals surface area contributed by atoms with Gasteiger partial charge in [0.05, 0.1) is 13.1 Å². The number of carboxylic acid groups (broad SMARTS) is 1. The van der Waals surface area contributed by atoms with Crippen molar-refractivity contribution in [3.63, 3.8) is 0 Å². The van der Waals surface area contributed by atoms with Crippen molar-refractivity contribution in [2.75, 3.05) is 6.54 Å². The third-order valence-electron chi connectivity index (χ3n) is 2.55. The summed E-state index contributed by atoms with van der Waals surface area (Å²) in [5.74, 6) is 0.227. The Labute approximate surface area is 107 Å². The molecule has 0 saturated carbocycles. The van der Waals surface area contributed by atoms with Crippen molar-refractivity contribution < 1.29 is 14.4 Å². The SMILES string of the molecule is CC(C)N(CC(=O)O)Cc1nc(C(C)(C)C)no1. The highest BCUT2D eigenvalue weighted by Gasteiger charge is 2.23. The maximum atomic E-state index is 10.8. The Morgan fingerprint density at radius 3 is 2.44 bits per heavy atom. The molecule has 0 aliphatic heterocycles. The molecule has 0 aromatic carbocycles. The van der Waals surface area contributed by atoms with E-state index in [1.54, 1.807) is 4.90 Å². The van der Waals surface area contributed by atoms with Gasteiger partial charge in [-0.2, -0.15) is 4.98 Å². The summed E-state index contributed by atoms with van der Waals surface area (Å²) in [5, 5.41) is 12.8. The average molecular weight is 255 g/mol. The highest BCUT2D eigenvalue weighted by Crippen LogP contribution is 2.19. The van der Waals surface area contributed by atoms with Gasteiger partial charge < -0.3 is 9.63 Å². The summed E-state index contributed by atoms with van der Waals surface area (Å²) in [6, 6.07) is 0.103. The number of carbonyl (C=O) groups is 1. The van der Waals surface area contributed by atoms with Crippen LogP contribution in [0.2, 0.25) is 0 Å². The third-order valence-corrected chi connectivity index (χ3v) is 2.55. The van der Waals surface area contributed by atoms with E-state index in [0.29, 0.717) is 18.3 Å². The molecule has 0 bridgehead atoms. The predicted octanol–water partition coefficient (Wildman–Crippen LogP) is 1.66. The predicted molar refractivity (Wildman–Crippen MR) is 66.2 cm³/mol. The summed E-state index contributed by atoms with van der Waals surface area (Å²) in [6.07, 6.45) is 0. The van der Waals surface area contributed by atoms with Gasteiger partial charge >= 0.3 is 5.97 Å². The van der Waals surface area contributed by atoms with E-state index in [-0.39, 0.29) is 18.0 Å². The quantitative estimate of drug-likeness (QED) is 0.862. The van der Waals surface area contributed by atoms with Crippen molar-refractivity contribution in [2.24, 2.45) is 0 Å². The zero-order valence-electron chi connectivity index (χ0n) is 11.6. The standard InChI is InChI=1S/C12H21N3O3/c1-8(2)15(7-10(16)17)6-9-13-11(14-18-9)12(3,4)5/h8H,6-7H2,1-5H3,(H,16,17). The molecule has 1 heterocycles. The zero-order valence-corrected chi connectivity index (χ0v) is 11.6. The van der Waals surface area contributed by atoms with Gasteiger partial charge in [-0.3, -0.25) is 9.69 Å². The molecule has 0 aliphatic rings. The van der Waals surface area contributed by atoms with E-state index in [0.717, 1.165) is 0 Å². The minimum Gasteiger partial charge on any atom is -0.480 e. The smallest absolute Gasteiger partial charge is 0.317 e. The molecule has 1 aromatic rings. The van der Waals surface area contributed by atoms with Gasteiger partial charge in [0.15, 0.2) is 5.82 Å². The van der Waals surface area contributed by atoms with Gasteiger partial charge in [0.1, 0.15) is 0 Å². The largest absolute Gasteiger partial charge is 0.480 e. The number of rotatable bonds is 5. The molecular weight excluding hydrogens is 234 g/mol. The Morgan fingerprint density at radius 2 is 2.06 bits per heavy atom. The molecule has 6 heteroatoms. The van der Waals surface area contributed by atoms with Crippen LogP contribution >= 0.6 is 0 Å². The van der Waals surface area contributed by atoms with Crippen molar-refractivity contribution in [3.05, 3.63) is 11.7 Å². The molecule has 0 aliphatic carbocycles. The van der Waals surface area contributed by atoms with Gasteiger partial charge in [-0.05, 0) is 13.8 Å². The van der Waals surface area contributed by atoms with Crippen LogP contribution in [0.4, 0.5) is 0 Å². The second-order valence-electron chi connectivity index (χ2n) is 5.65. The van der Waals surface area contributed by atoms with Crippen molar-refractivity contribution in [1.82, 2.24) is 15.0 Å². The fourth-order valence-corrected chi connectivity index (χ4v) is 1.39. The summed E-state index contributed by atoms with van der Waals surface area (Å²) in [4.78, 5) is 16.8. The molecule has 0 spiro atoms. The Balaban J connectivity index is 2.76. The van der Waals surface area contributed by atoms with Crippen LogP contribution in [0.25, 0.3) is 0 Å². The molecular formula is C12H21N3O3. The van der Waals surface area contributed by atoms with Crippen LogP contribution in [-0.4, -0.2) is 38.7 Å². The van der Waals surface area contributed by atoms with E-state index in [1.807, 2.05) is 34.6 Å².